The molecular formula is C16H22Cl2N2O2. The smallest absolute Gasteiger partial charge is 0.237 e. The van der Waals surface area contributed by atoms with Crippen molar-refractivity contribution in [3.8, 4) is 0 Å². The number of amides is 1. The van der Waals surface area contributed by atoms with Gasteiger partial charge in [-0.05, 0) is 37.0 Å². The van der Waals surface area contributed by atoms with E-state index in [-0.39, 0.29) is 29.8 Å². The highest BCUT2D eigenvalue weighted by atomic mass is 35.5. The maximum absolute atomic E-state index is 12.2. The lowest BCUT2D eigenvalue weighted by Gasteiger charge is -2.42. The number of aliphatic hydroxyl groups excluding tert-OH is 1. The van der Waals surface area contributed by atoms with Crippen LogP contribution in [-0.2, 0) is 10.2 Å². The fraction of sp³-hybridized carbons (Fsp3) is 0.562. The van der Waals surface area contributed by atoms with Gasteiger partial charge in [0.15, 0.2) is 0 Å². The van der Waals surface area contributed by atoms with Gasteiger partial charge < -0.3 is 15.7 Å². The van der Waals surface area contributed by atoms with Gasteiger partial charge in [-0.25, -0.2) is 0 Å². The molecular weight excluding hydrogens is 323 g/mol. The normalized spacial score (nSPS) is 25.9. The molecule has 1 aliphatic carbocycles. The molecule has 0 bridgehead atoms. The maximum atomic E-state index is 12.2. The average Bonchev–Trinajstić information content (AvgIpc) is 2.86. The number of hydrogen-bond donors (Lipinski definition) is 3. The number of halogens is 2. The van der Waals surface area contributed by atoms with Crippen LogP contribution in [0.25, 0.3) is 0 Å². The third-order valence-corrected chi connectivity index (χ3v) is 5.04. The van der Waals surface area contributed by atoms with E-state index in [2.05, 4.69) is 22.8 Å². The molecule has 2 fully saturated rings. The lowest BCUT2D eigenvalue weighted by atomic mass is 9.64. The SMILES string of the molecule is Cl.O=C(NCC1(c2ccc(Cl)cc2)CCC1)C1CC(O)CN1. The van der Waals surface area contributed by atoms with E-state index < -0.39 is 6.10 Å². The molecule has 1 aromatic rings. The van der Waals surface area contributed by atoms with Crippen molar-refractivity contribution in [1.82, 2.24) is 10.6 Å². The van der Waals surface area contributed by atoms with E-state index in [1.807, 2.05) is 12.1 Å². The van der Waals surface area contributed by atoms with Crippen LogP contribution < -0.4 is 10.6 Å². The first kappa shape index (κ1) is 17.5. The Balaban J connectivity index is 0.00000176. The third-order valence-electron chi connectivity index (χ3n) is 4.79. The van der Waals surface area contributed by atoms with Crippen LogP contribution in [0.1, 0.15) is 31.2 Å². The van der Waals surface area contributed by atoms with Crippen LogP contribution in [0.2, 0.25) is 5.02 Å². The summed E-state index contributed by atoms with van der Waals surface area (Å²) in [5.41, 5.74) is 1.30. The molecule has 3 rings (SSSR count). The number of β-amino-alcohol motifs (C(OH)–C–C–N with tert-alkyl or cyclic N) is 1. The van der Waals surface area contributed by atoms with Gasteiger partial charge in [0.25, 0.3) is 0 Å². The van der Waals surface area contributed by atoms with E-state index in [0.717, 1.165) is 17.9 Å². The number of aliphatic hydroxyl groups is 1. The first-order valence-corrected chi connectivity index (χ1v) is 7.92. The molecule has 1 aliphatic heterocycles. The Morgan fingerprint density at radius 2 is 2.05 bits per heavy atom. The summed E-state index contributed by atoms with van der Waals surface area (Å²) in [4.78, 5) is 12.2. The van der Waals surface area contributed by atoms with Gasteiger partial charge >= 0.3 is 0 Å². The Kier molecular flexibility index (Phi) is 5.72. The van der Waals surface area contributed by atoms with Gasteiger partial charge in [0.2, 0.25) is 5.91 Å². The van der Waals surface area contributed by atoms with Crippen molar-refractivity contribution in [2.45, 2.75) is 43.2 Å². The molecule has 1 heterocycles. The second-order valence-corrected chi connectivity index (χ2v) is 6.65. The quantitative estimate of drug-likeness (QED) is 0.783. The monoisotopic (exact) mass is 344 g/mol. The van der Waals surface area contributed by atoms with Crippen molar-refractivity contribution in [1.29, 1.82) is 0 Å². The fourth-order valence-electron chi connectivity index (χ4n) is 3.27. The zero-order valence-corrected chi connectivity index (χ0v) is 13.9. The van der Waals surface area contributed by atoms with Gasteiger partial charge in [0.1, 0.15) is 0 Å². The molecule has 1 aromatic carbocycles. The van der Waals surface area contributed by atoms with Crippen LogP contribution in [0.3, 0.4) is 0 Å². The highest BCUT2D eigenvalue weighted by Crippen LogP contribution is 2.43. The van der Waals surface area contributed by atoms with E-state index >= 15 is 0 Å². The number of hydrogen-bond acceptors (Lipinski definition) is 3. The summed E-state index contributed by atoms with van der Waals surface area (Å²) < 4.78 is 0. The summed E-state index contributed by atoms with van der Waals surface area (Å²) in [7, 11) is 0. The molecule has 122 valence electrons. The minimum atomic E-state index is -0.408. The number of rotatable bonds is 4. The predicted molar refractivity (Wildman–Crippen MR) is 89.7 cm³/mol. The van der Waals surface area contributed by atoms with Crippen molar-refractivity contribution < 1.29 is 9.90 Å². The minimum Gasteiger partial charge on any atom is -0.392 e. The molecule has 22 heavy (non-hydrogen) atoms. The number of nitrogens with one attached hydrogen (secondary N) is 2. The molecule has 1 amide bonds. The standard InChI is InChI=1S/C16H21ClN2O2.ClH/c17-12-4-2-11(3-5-12)16(6-1-7-16)10-19-15(21)14-8-13(20)9-18-14;/h2-5,13-14,18,20H,1,6-10H2,(H,19,21);1H. The van der Waals surface area contributed by atoms with Crippen LogP contribution in [0.5, 0.6) is 0 Å². The molecule has 3 N–H and O–H groups in total. The Labute approximate surface area is 142 Å². The summed E-state index contributed by atoms with van der Waals surface area (Å²) in [5.74, 6) is -0.00760. The molecule has 2 aliphatic rings. The van der Waals surface area contributed by atoms with Gasteiger partial charge in [0, 0.05) is 23.5 Å². The van der Waals surface area contributed by atoms with Gasteiger partial charge in [-0.2, -0.15) is 0 Å². The molecule has 0 aromatic heterocycles. The van der Waals surface area contributed by atoms with Gasteiger partial charge in [0.05, 0.1) is 12.1 Å². The van der Waals surface area contributed by atoms with Crippen LogP contribution in [-0.4, -0.2) is 36.2 Å². The van der Waals surface area contributed by atoms with Crippen molar-refractivity contribution >= 4 is 29.9 Å². The summed E-state index contributed by atoms with van der Waals surface area (Å²) >= 11 is 5.95. The highest BCUT2D eigenvalue weighted by Gasteiger charge is 2.39. The van der Waals surface area contributed by atoms with Crippen LogP contribution in [0.15, 0.2) is 24.3 Å². The second kappa shape index (κ2) is 7.18. The van der Waals surface area contributed by atoms with E-state index in [0.29, 0.717) is 19.5 Å². The molecule has 2 unspecified atom stereocenters. The zero-order chi connectivity index (χ0) is 14.9. The summed E-state index contributed by atoms with van der Waals surface area (Å²) in [6.45, 7) is 1.15. The largest absolute Gasteiger partial charge is 0.392 e. The molecule has 1 saturated heterocycles. The van der Waals surface area contributed by atoms with Gasteiger partial charge in [-0.1, -0.05) is 30.2 Å². The predicted octanol–water partition coefficient (Wildman–Crippen LogP) is 2.02. The first-order valence-electron chi connectivity index (χ1n) is 7.54. The van der Waals surface area contributed by atoms with Crippen molar-refractivity contribution in [3.05, 3.63) is 34.9 Å². The minimum absolute atomic E-state index is 0. The van der Waals surface area contributed by atoms with E-state index in [4.69, 9.17) is 11.6 Å². The van der Waals surface area contributed by atoms with Crippen LogP contribution in [0, 0.1) is 0 Å². The third kappa shape index (κ3) is 3.57. The van der Waals surface area contributed by atoms with Crippen LogP contribution in [0.4, 0.5) is 0 Å². The van der Waals surface area contributed by atoms with Gasteiger partial charge in [-0.3, -0.25) is 4.79 Å². The summed E-state index contributed by atoms with van der Waals surface area (Å²) in [6, 6.07) is 7.68. The highest BCUT2D eigenvalue weighted by molar-refractivity contribution is 6.30. The Hall–Kier alpha value is -0.810. The summed E-state index contributed by atoms with van der Waals surface area (Å²) in [6.07, 6.45) is 3.47. The lowest BCUT2D eigenvalue weighted by molar-refractivity contribution is -0.123. The van der Waals surface area contributed by atoms with Crippen molar-refractivity contribution in [3.63, 3.8) is 0 Å². The molecule has 0 radical (unpaired) electrons. The lowest BCUT2D eigenvalue weighted by Crippen LogP contribution is -2.49. The molecule has 2 atom stereocenters. The van der Waals surface area contributed by atoms with Crippen molar-refractivity contribution in [2.75, 3.05) is 13.1 Å². The number of benzene rings is 1. The fourth-order valence-corrected chi connectivity index (χ4v) is 3.40. The van der Waals surface area contributed by atoms with E-state index in [9.17, 15) is 9.90 Å². The van der Waals surface area contributed by atoms with E-state index in [1.54, 1.807) is 0 Å². The first-order chi connectivity index (χ1) is 10.1. The molecule has 0 spiro atoms. The zero-order valence-electron chi connectivity index (χ0n) is 12.3. The molecule has 1 saturated carbocycles. The number of carbonyl (C=O) groups excluding carboxylic acids is 1. The Morgan fingerprint density at radius 1 is 1.36 bits per heavy atom. The van der Waals surface area contributed by atoms with Crippen molar-refractivity contribution in [2.24, 2.45) is 0 Å². The topological polar surface area (TPSA) is 61.4 Å². The van der Waals surface area contributed by atoms with Gasteiger partial charge in [-0.15, -0.1) is 12.4 Å². The van der Waals surface area contributed by atoms with E-state index in [1.165, 1.54) is 12.0 Å². The molecule has 6 heteroatoms. The van der Waals surface area contributed by atoms with Crippen LogP contribution >= 0.6 is 24.0 Å². The maximum Gasteiger partial charge on any atom is 0.237 e. The molecule has 4 nitrogen and oxygen atoms in total. The average molecular weight is 345 g/mol. The second-order valence-electron chi connectivity index (χ2n) is 6.21. The Bertz CT molecular complexity index is 517. The number of carbonyl (C=O) groups is 1. The summed E-state index contributed by atoms with van der Waals surface area (Å²) in [5, 5.41) is 16.3. The Morgan fingerprint density at radius 3 is 2.55 bits per heavy atom.